The number of nitriles is 1. The lowest BCUT2D eigenvalue weighted by Crippen LogP contribution is -2.50. The van der Waals surface area contributed by atoms with Crippen LogP contribution in [-0.4, -0.2) is 24.2 Å². The highest BCUT2D eigenvalue weighted by Gasteiger charge is 2.37. The number of amides is 1. The average Bonchev–Trinajstić information content (AvgIpc) is 3.71. The van der Waals surface area contributed by atoms with Crippen molar-refractivity contribution in [3.8, 4) is 11.8 Å². The summed E-state index contributed by atoms with van der Waals surface area (Å²) in [4.78, 5) is 12.9. The highest BCUT2D eigenvalue weighted by Crippen LogP contribution is 2.41. The Balaban J connectivity index is 1.45. The molecule has 1 amide bonds. The van der Waals surface area contributed by atoms with Gasteiger partial charge >= 0.3 is 6.18 Å². The van der Waals surface area contributed by atoms with Crippen LogP contribution in [0.4, 0.5) is 13.2 Å². The van der Waals surface area contributed by atoms with E-state index in [1.807, 2.05) is 24.3 Å². The summed E-state index contributed by atoms with van der Waals surface area (Å²) in [6.07, 6.45) is 0.545. The zero-order chi connectivity index (χ0) is 25.8. The van der Waals surface area contributed by atoms with Crippen molar-refractivity contribution in [3.05, 3.63) is 83.4 Å². The van der Waals surface area contributed by atoms with Gasteiger partial charge in [-0.2, -0.15) is 18.4 Å². The third-order valence-corrected chi connectivity index (χ3v) is 6.83. The van der Waals surface area contributed by atoms with Gasteiger partial charge in [0.25, 0.3) is 5.91 Å². The Hall–Kier alpha value is -3.53. The minimum absolute atomic E-state index is 0.0136. The van der Waals surface area contributed by atoms with E-state index < -0.39 is 24.0 Å². The van der Waals surface area contributed by atoms with Crippen molar-refractivity contribution in [2.45, 2.75) is 62.6 Å². The van der Waals surface area contributed by atoms with Gasteiger partial charge in [0.2, 0.25) is 0 Å². The quantitative estimate of drug-likeness (QED) is 0.298. The summed E-state index contributed by atoms with van der Waals surface area (Å²) in [6.45, 7) is 3.96. The Morgan fingerprint density at radius 3 is 2.58 bits per heavy atom. The van der Waals surface area contributed by atoms with Crippen molar-refractivity contribution in [1.29, 1.82) is 5.26 Å². The summed E-state index contributed by atoms with van der Waals surface area (Å²) in [5.74, 6) is 0.722. The summed E-state index contributed by atoms with van der Waals surface area (Å²) < 4.78 is 42.5. The number of alkyl halides is 3. The van der Waals surface area contributed by atoms with Crippen LogP contribution in [-0.2, 0) is 11.2 Å². The van der Waals surface area contributed by atoms with Crippen LogP contribution in [0.3, 0.4) is 0 Å². The smallest absolute Gasteiger partial charge is 0.389 e. The number of benzene rings is 2. The lowest BCUT2D eigenvalue weighted by molar-refractivity contribution is -0.136. The molecule has 1 fully saturated rings. The largest absolute Gasteiger partial charge is 0.494 e. The first-order valence-electron chi connectivity index (χ1n) is 12.2. The average molecular weight is 495 g/mol. The molecule has 36 heavy (non-hydrogen) atoms. The first-order chi connectivity index (χ1) is 17.2. The van der Waals surface area contributed by atoms with E-state index in [9.17, 15) is 23.2 Å². The van der Waals surface area contributed by atoms with Crippen molar-refractivity contribution in [3.63, 3.8) is 0 Å². The van der Waals surface area contributed by atoms with Gasteiger partial charge in [0.1, 0.15) is 17.4 Å². The molecule has 1 heterocycles. The fourth-order valence-corrected chi connectivity index (χ4v) is 4.61. The van der Waals surface area contributed by atoms with Gasteiger partial charge in [-0.25, -0.2) is 0 Å². The van der Waals surface area contributed by atoms with Crippen LogP contribution in [0.25, 0.3) is 5.57 Å². The normalized spacial score (nSPS) is 20.0. The molecule has 2 aliphatic rings. The molecule has 0 bridgehead atoms. The highest BCUT2D eigenvalue weighted by molar-refractivity contribution is 6.07. The third kappa shape index (κ3) is 6.37. The van der Waals surface area contributed by atoms with Gasteiger partial charge in [-0.05, 0) is 72.4 Å². The van der Waals surface area contributed by atoms with E-state index in [4.69, 9.17) is 4.74 Å². The molecule has 4 rings (SSSR count). The molecule has 1 N–H and O–H groups in total. The van der Waals surface area contributed by atoms with Gasteiger partial charge in [-0.3, -0.25) is 4.79 Å². The zero-order valence-electron chi connectivity index (χ0n) is 20.0. The van der Waals surface area contributed by atoms with Crippen LogP contribution in [0.15, 0.2) is 66.8 Å². The van der Waals surface area contributed by atoms with Crippen LogP contribution < -0.4 is 10.1 Å². The number of carbonyl (C=O) groups is 1. The van der Waals surface area contributed by atoms with E-state index in [1.54, 1.807) is 18.2 Å². The van der Waals surface area contributed by atoms with E-state index in [1.165, 1.54) is 18.4 Å². The predicted octanol–water partition coefficient (Wildman–Crippen LogP) is 6.64. The van der Waals surface area contributed by atoms with Crippen molar-refractivity contribution in [1.82, 2.24) is 5.32 Å². The number of nitrogens with zero attached hydrogens (tertiary/aromatic N) is 1. The number of hydrogen-bond acceptors (Lipinski definition) is 3. The SMILES string of the molecule is C=C[C@]1(CCc2cccc(OCCCC(F)(F)F)c2)CC(c2ccc(C3CC3)cc2)=C(C#N)C(=O)N1. The van der Waals surface area contributed by atoms with Crippen LogP contribution in [0.5, 0.6) is 5.75 Å². The molecular formula is C29H29F3N2O2. The van der Waals surface area contributed by atoms with Crippen LogP contribution in [0.2, 0.25) is 0 Å². The molecule has 0 unspecified atom stereocenters. The van der Waals surface area contributed by atoms with Gasteiger partial charge in [-0.15, -0.1) is 6.58 Å². The number of aryl methyl sites for hydroxylation is 1. The predicted molar refractivity (Wildman–Crippen MR) is 132 cm³/mol. The minimum atomic E-state index is -4.19. The summed E-state index contributed by atoms with van der Waals surface area (Å²) >= 11 is 0. The van der Waals surface area contributed by atoms with Crippen molar-refractivity contribution >= 4 is 11.5 Å². The molecular weight excluding hydrogens is 465 g/mol. The van der Waals surface area contributed by atoms with Gasteiger partial charge < -0.3 is 10.1 Å². The molecule has 4 nitrogen and oxygen atoms in total. The summed E-state index contributed by atoms with van der Waals surface area (Å²) in [6, 6.07) is 17.5. The summed E-state index contributed by atoms with van der Waals surface area (Å²) in [5, 5.41) is 12.7. The van der Waals surface area contributed by atoms with Crippen LogP contribution >= 0.6 is 0 Å². The fourth-order valence-electron chi connectivity index (χ4n) is 4.61. The third-order valence-electron chi connectivity index (χ3n) is 6.83. The van der Waals surface area contributed by atoms with Crippen molar-refractivity contribution in [2.75, 3.05) is 6.61 Å². The van der Waals surface area contributed by atoms with Crippen LogP contribution in [0.1, 0.15) is 61.1 Å². The lowest BCUT2D eigenvalue weighted by atomic mass is 9.78. The Morgan fingerprint density at radius 1 is 1.19 bits per heavy atom. The van der Waals surface area contributed by atoms with Crippen LogP contribution in [0, 0.1) is 11.3 Å². The number of halogens is 3. The Bertz CT molecular complexity index is 1190. The maximum atomic E-state index is 12.9. The fraction of sp³-hybridized carbons (Fsp3) is 0.379. The summed E-state index contributed by atoms with van der Waals surface area (Å²) in [7, 11) is 0. The second-order valence-electron chi connectivity index (χ2n) is 9.57. The molecule has 188 valence electrons. The Kier molecular flexibility index (Phi) is 7.53. The van der Waals surface area contributed by atoms with E-state index in [-0.39, 0.29) is 18.6 Å². The maximum absolute atomic E-state index is 12.9. The first kappa shape index (κ1) is 25.6. The molecule has 1 aliphatic heterocycles. The number of carbonyl (C=O) groups excluding carboxylic acids is 1. The van der Waals surface area contributed by atoms with E-state index in [0.29, 0.717) is 36.5 Å². The standard InChI is InChI=1S/C29H29F3N2O2/c1-2-28(15-13-20-5-3-6-24(17-20)36-16-4-14-29(30,31)32)18-25(26(19-33)27(35)34-28)23-11-9-22(10-12-23)21-7-8-21/h2-3,5-6,9-12,17,21H,1,4,7-8,13-16,18H2,(H,34,35)/t28-/m0/s1. The summed E-state index contributed by atoms with van der Waals surface area (Å²) in [5.41, 5.74) is 3.20. The maximum Gasteiger partial charge on any atom is 0.389 e. The Morgan fingerprint density at radius 2 is 1.94 bits per heavy atom. The van der Waals surface area contributed by atoms with Gasteiger partial charge in [-0.1, -0.05) is 42.5 Å². The van der Waals surface area contributed by atoms with E-state index in [0.717, 1.165) is 11.1 Å². The molecule has 0 saturated heterocycles. The molecule has 1 saturated carbocycles. The first-order valence-corrected chi connectivity index (χ1v) is 12.2. The highest BCUT2D eigenvalue weighted by atomic mass is 19.4. The molecule has 0 aromatic heterocycles. The van der Waals surface area contributed by atoms with Crippen molar-refractivity contribution in [2.24, 2.45) is 0 Å². The molecule has 7 heteroatoms. The number of nitrogens with one attached hydrogen (secondary N) is 1. The topological polar surface area (TPSA) is 62.1 Å². The Labute approximate surface area is 209 Å². The van der Waals surface area contributed by atoms with Crippen molar-refractivity contribution < 1.29 is 22.7 Å². The number of rotatable bonds is 10. The molecule has 0 radical (unpaired) electrons. The molecule has 1 aliphatic carbocycles. The van der Waals surface area contributed by atoms with Gasteiger partial charge in [0.05, 0.1) is 12.1 Å². The lowest BCUT2D eigenvalue weighted by Gasteiger charge is -2.37. The second-order valence-corrected chi connectivity index (χ2v) is 9.57. The molecule has 1 atom stereocenters. The monoisotopic (exact) mass is 494 g/mol. The van der Waals surface area contributed by atoms with E-state index in [2.05, 4.69) is 30.1 Å². The number of hydrogen-bond donors (Lipinski definition) is 1. The molecule has 2 aromatic rings. The molecule has 2 aromatic carbocycles. The van der Waals surface area contributed by atoms with Gasteiger partial charge in [0, 0.05) is 12.8 Å². The second kappa shape index (κ2) is 10.6. The van der Waals surface area contributed by atoms with Gasteiger partial charge in [0.15, 0.2) is 0 Å². The molecule has 0 spiro atoms. The zero-order valence-corrected chi connectivity index (χ0v) is 20.0. The van der Waals surface area contributed by atoms with E-state index >= 15 is 0 Å². The minimum Gasteiger partial charge on any atom is -0.494 e. The number of ether oxygens (including phenoxy) is 1.